The molecule has 6 heteroatoms. The maximum Gasteiger partial charge on any atom is 0.238 e. The lowest BCUT2D eigenvalue weighted by molar-refractivity contribution is 0.953. The molecule has 0 bridgehead atoms. The predicted molar refractivity (Wildman–Crippen MR) is 267 cm³/mol. The van der Waals surface area contributed by atoms with Crippen molar-refractivity contribution in [2.45, 2.75) is 0 Å². The second kappa shape index (κ2) is 15.3. The van der Waals surface area contributed by atoms with Crippen LogP contribution in [0.2, 0.25) is 0 Å². The Morgan fingerprint density at radius 1 is 0.365 bits per heavy atom. The largest absolute Gasteiger partial charge is 0.278 e. The number of benzene rings is 9. The van der Waals surface area contributed by atoms with Gasteiger partial charge in [0.05, 0.1) is 11.0 Å². The molecule has 0 unspecified atom stereocenters. The Morgan fingerprint density at radius 3 is 1.56 bits per heavy atom. The Hall–Kier alpha value is -7.77. The zero-order valence-electron chi connectivity index (χ0n) is 34.1. The van der Waals surface area contributed by atoms with Gasteiger partial charge in [-0.1, -0.05) is 206 Å². The lowest BCUT2D eigenvalue weighted by Crippen LogP contribution is -2.74. The van der Waals surface area contributed by atoms with Gasteiger partial charge in [0, 0.05) is 42.1 Å². The van der Waals surface area contributed by atoms with E-state index >= 15 is 0 Å². The number of thiophene rings is 1. The standard InChI is InChI=1S/C57H38N4SSi/c1-5-20-39(21-6-1)55-58-56(40-22-7-2-8-23-40)60-57(59-55)61-48-33-15-13-30-46(48)53-45(32-18-34-49(53)61)41-24-17-29-44(38-41)63(42-25-9-3-10-26-42,43-27-11-4-12-28-43)52-37-19-36-51-54(52)47-31-14-16-35-50(47)62-51/h1-38H. The van der Waals surface area contributed by atoms with Gasteiger partial charge < -0.3 is 0 Å². The van der Waals surface area contributed by atoms with Crippen molar-refractivity contribution >= 4 is 82.1 Å². The quantitative estimate of drug-likeness (QED) is 0.113. The van der Waals surface area contributed by atoms with Crippen LogP contribution in [0.3, 0.4) is 0 Å². The SMILES string of the molecule is c1ccc(-c2nc(-c3ccccc3)nc(-n3c4ccccc4c4c(-c5cccc([Si](c6ccccc6)(c6ccccc6)c6cccc7sc8ccccc8c67)c5)cccc43)n2)cc1. The van der Waals surface area contributed by atoms with Gasteiger partial charge in [0.15, 0.2) is 19.7 Å². The number of nitrogens with zero attached hydrogens (tertiary/aromatic N) is 4. The highest BCUT2D eigenvalue weighted by Gasteiger charge is 2.43. The predicted octanol–water partition coefficient (Wildman–Crippen LogP) is 11.7. The maximum absolute atomic E-state index is 5.21. The average Bonchev–Trinajstić information content (AvgIpc) is 3.92. The zero-order chi connectivity index (χ0) is 41.7. The third-order valence-electron chi connectivity index (χ3n) is 12.4. The first-order valence-electron chi connectivity index (χ1n) is 21.3. The van der Waals surface area contributed by atoms with E-state index in [4.69, 9.17) is 15.0 Å². The molecule has 0 N–H and O–H groups in total. The van der Waals surface area contributed by atoms with Crippen LogP contribution in [-0.2, 0) is 0 Å². The molecule has 3 heterocycles. The molecule has 0 aliphatic heterocycles. The number of fused-ring (bicyclic) bond motifs is 6. The molecule has 4 nitrogen and oxygen atoms in total. The van der Waals surface area contributed by atoms with Gasteiger partial charge in [-0.25, -0.2) is 4.98 Å². The highest BCUT2D eigenvalue weighted by Crippen LogP contribution is 2.39. The molecule has 296 valence electrons. The van der Waals surface area contributed by atoms with E-state index in [-0.39, 0.29) is 0 Å². The van der Waals surface area contributed by atoms with Crippen molar-refractivity contribution in [2.75, 3.05) is 0 Å². The van der Waals surface area contributed by atoms with Crippen LogP contribution in [0.25, 0.3) is 81.8 Å². The van der Waals surface area contributed by atoms with Crippen molar-refractivity contribution in [3.05, 3.63) is 231 Å². The van der Waals surface area contributed by atoms with Crippen molar-refractivity contribution in [3.63, 3.8) is 0 Å². The minimum Gasteiger partial charge on any atom is -0.278 e. The van der Waals surface area contributed by atoms with Crippen LogP contribution in [0.1, 0.15) is 0 Å². The number of hydrogen-bond donors (Lipinski definition) is 0. The monoisotopic (exact) mass is 838 g/mol. The molecule has 0 atom stereocenters. The van der Waals surface area contributed by atoms with Gasteiger partial charge >= 0.3 is 0 Å². The molecule has 0 fully saturated rings. The topological polar surface area (TPSA) is 43.6 Å². The van der Waals surface area contributed by atoms with E-state index in [1.807, 2.05) is 47.7 Å². The van der Waals surface area contributed by atoms with Crippen LogP contribution < -0.4 is 20.7 Å². The normalized spacial score (nSPS) is 11.8. The number of para-hydroxylation sites is 1. The Labute approximate surface area is 370 Å². The van der Waals surface area contributed by atoms with Gasteiger partial charge in [-0.05, 0) is 56.1 Å². The van der Waals surface area contributed by atoms with Gasteiger partial charge in [0.2, 0.25) is 5.95 Å². The number of aromatic nitrogens is 4. The third-order valence-corrected chi connectivity index (χ3v) is 18.3. The highest BCUT2D eigenvalue weighted by atomic mass is 32.1. The van der Waals surface area contributed by atoms with Gasteiger partial charge in [-0.2, -0.15) is 9.97 Å². The van der Waals surface area contributed by atoms with E-state index in [1.165, 1.54) is 40.9 Å². The number of hydrogen-bond acceptors (Lipinski definition) is 4. The lowest BCUT2D eigenvalue weighted by Gasteiger charge is -2.35. The molecule has 0 amide bonds. The number of rotatable bonds is 8. The van der Waals surface area contributed by atoms with E-state index in [2.05, 4.69) is 199 Å². The van der Waals surface area contributed by atoms with Crippen LogP contribution >= 0.6 is 11.3 Å². The average molecular weight is 839 g/mol. The van der Waals surface area contributed by atoms with E-state index < -0.39 is 8.07 Å². The minimum absolute atomic E-state index is 0.579. The second-order valence-electron chi connectivity index (χ2n) is 15.9. The van der Waals surface area contributed by atoms with Crippen molar-refractivity contribution in [3.8, 4) is 39.9 Å². The molecular weight excluding hydrogens is 801 g/mol. The summed E-state index contributed by atoms with van der Waals surface area (Å²) in [6.07, 6.45) is 0. The molecule has 12 rings (SSSR count). The Balaban J connectivity index is 1.13. The fourth-order valence-electron chi connectivity index (χ4n) is 9.72. The molecule has 0 aliphatic carbocycles. The summed E-state index contributed by atoms with van der Waals surface area (Å²) in [6, 6.07) is 83.5. The summed E-state index contributed by atoms with van der Waals surface area (Å²) in [4.78, 5) is 15.4. The van der Waals surface area contributed by atoms with Crippen LogP contribution in [0.4, 0.5) is 0 Å². The highest BCUT2D eigenvalue weighted by molar-refractivity contribution is 7.27. The van der Waals surface area contributed by atoms with Gasteiger partial charge in [0.1, 0.15) is 0 Å². The summed E-state index contributed by atoms with van der Waals surface area (Å²) in [7, 11) is -2.98. The fraction of sp³-hybridized carbons (Fsp3) is 0. The van der Waals surface area contributed by atoms with Crippen LogP contribution in [0.5, 0.6) is 0 Å². The summed E-state index contributed by atoms with van der Waals surface area (Å²) in [5.74, 6) is 1.84. The molecule has 12 aromatic rings. The molecule has 0 saturated carbocycles. The second-order valence-corrected chi connectivity index (χ2v) is 20.8. The van der Waals surface area contributed by atoms with Crippen molar-refractivity contribution in [2.24, 2.45) is 0 Å². The van der Waals surface area contributed by atoms with E-state index in [0.717, 1.165) is 44.1 Å². The maximum atomic E-state index is 5.21. The zero-order valence-corrected chi connectivity index (χ0v) is 36.0. The molecule has 9 aromatic carbocycles. The molecule has 3 aromatic heterocycles. The molecule has 0 aliphatic rings. The van der Waals surface area contributed by atoms with Crippen LogP contribution in [-0.4, -0.2) is 27.6 Å². The molecule has 0 radical (unpaired) electrons. The molecule has 0 saturated heterocycles. The van der Waals surface area contributed by atoms with Crippen molar-refractivity contribution < 1.29 is 0 Å². The summed E-state index contributed by atoms with van der Waals surface area (Å²) in [5.41, 5.74) is 6.27. The first kappa shape index (κ1) is 37.0. The van der Waals surface area contributed by atoms with E-state index in [9.17, 15) is 0 Å². The fourth-order valence-corrected chi connectivity index (χ4v) is 16.0. The van der Waals surface area contributed by atoms with Gasteiger partial charge in [-0.15, -0.1) is 11.3 Å². The first-order valence-corrected chi connectivity index (χ1v) is 24.1. The smallest absolute Gasteiger partial charge is 0.238 e. The Bertz CT molecular complexity index is 3530. The van der Waals surface area contributed by atoms with Gasteiger partial charge in [0.25, 0.3) is 0 Å². The molecule has 0 spiro atoms. The minimum atomic E-state index is -2.98. The van der Waals surface area contributed by atoms with Crippen molar-refractivity contribution in [1.29, 1.82) is 0 Å². The molecule has 63 heavy (non-hydrogen) atoms. The van der Waals surface area contributed by atoms with E-state index in [0.29, 0.717) is 17.6 Å². The first-order chi connectivity index (χ1) is 31.3. The lowest BCUT2D eigenvalue weighted by atomic mass is 9.99. The van der Waals surface area contributed by atoms with Crippen LogP contribution in [0, 0.1) is 0 Å². The summed E-state index contributed by atoms with van der Waals surface area (Å²) in [6.45, 7) is 0. The molecular formula is C57H38N4SSi. The summed E-state index contributed by atoms with van der Waals surface area (Å²) < 4.78 is 4.84. The van der Waals surface area contributed by atoms with Crippen molar-refractivity contribution in [1.82, 2.24) is 19.5 Å². The third kappa shape index (κ3) is 6.06. The summed E-state index contributed by atoms with van der Waals surface area (Å²) >= 11 is 1.89. The Morgan fingerprint density at radius 2 is 0.873 bits per heavy atom. The summed E-state index contributed by atoms with van der Waals surface area (Å²) in [5, 5.41) is 10.4. The van der Waals surface area contributed by atoms with Crippen LogP contribution in [0.15, 0.2) is 231 Å². The Kier molecular flexibility index (Phi) is 8.99. The van der Waals surface area contributed by atoms with Gasteiger partial charge in [-0.3, -0.25) is 4.57 Å². The van der Waals surface area contributed by atoms with E-state index in [1.54, 1.807) is 0 Å².